The summed E-state index contributed by atoms with van der Waals surface area (Å²) < 4.78 is 27.8. The highest BCUT2D eigenvalue weighted by Crippen LogP contribution is 2.36. The third-order valence-corrected chi connectivity index (χ3v) is 5.31. The van der Waals surface area contributed by atoms with Gasteiger partial charge in [0.2, 0.25) is 0 Å². The molecule has 0 N–H and O–H groups in total. The second kappa shape index (κ2) is 7.56. The van der Waals surface area contributed by atoms with Gasteiger partial charge >= 0.3 is 0 Å². The summed E-state index contributed by atoms with van der Waals surface area (Å²) in [5.74, 6) is 5.10. The molecule has 2 aromatic carbocycles. The van der Waals surface area contributed by atoms with Crippen molar-refractivity contribution in [1.82, 2.24) is 0 Å². The number of rotatable bonds is 3. The van der Waals surface area contributed by atoms with Crippen molar-refractivity contribution in [2.24, 2.45) is 10.9 Å². The zero-order valence-corrected chi connectivity index (χ0v) is 15.5. The summed E-state index contributed by atoms with van der Waals surface area (Å²) in [6, 6.07) is 8.42. The number of hydrogen-bond acceptors (Lipinski definition) is 2. The number of isothiocyanates is 1. The lowest BCUT2D eigenvalue weighted by molar-refractivity contribution is 0.313. The van der Waals surface area contributed by atoms with Crippen molar-refractivity contribution in [1.29, 1.82) is 0 Å². The van der Waals surface area contributed by atoms with Crippen LogP contribution in [0.15, 0.2) is 40.9 Å². The maximum atomic E-state index is 13.9. The molecule has 2 aliphatic rings. The number of thiocarbonyl (C=S) groups is 1. The maximum Gasteiger partial charge on any atom is 0.153 e. The Hall–Kier alpha value is -2.60. The summed E-state index contributed by atoms with van der Waals surface area (Å²) in [7, 11) is 0. The van der Waals surface area contributed by atoms with Crippen molar-refractivity contribution in [2.45, 2.75) is 32.1 Å². The molecular weight excluding hydrogens is 360 g/mol. The Morgan fingerprint density at radius 3 is 2.44 bits per heavy atom. The van der Waals surface area contributed by atoms with Gasteiger partial charge in [-0.1, -0.05) is 48.8 Å². The first-order valence-electron chi connectivity index (χ1n) is 9.03. The first-order chi connectivity index (χ1) is 13.1. The minimum absolute atomic E-state index is 0.262. The van der Waals surface area contributed by atoms with Gasteiger partial charge in [0.05, 0.1) is 5.16 Å². The molecule has 0 amide bonds. The highest BCUT2D eigenvalue weighted by Gasteiger charge is 2.21. The van der Waals surface area contributed by atoms with Crippen molar-refractivity contribution in [2.75, 3.05) is 0 Å². The molecule has 2 aromatic rings. The van der Waals surface area contributed by atoms with E-state index < -0.39 is 17.3 Å². The van der Waals surface area contributed by atoms with Crippen LogP contribution < -0.4 is 0 Å². The highest BCUT2D eigenvalue weighted by atomic mass is 32.1. The Morgan fingerprint density at radius 1 is 1.04 bits per heavy atom. The van der Waals surface area contributed by atoms with Crippen LogP contribution in [0.25, 0.3) is 6.08 Å². The number of fused-ring (bicyclic) bond motifs is 1. The Balaban J connectivity index is 1.52. The molecule has 4 heteroatoms. The second-order valence-electron chi connectivity index (χ2n) is 7.14. The molecule has 2 aliphatic carbocycles. The Bertz CT molecular complexity index is 1020. The molecule has 27 heavy (non-hydrogen) atoms. The number of benzene rings is 2. The first kappa shape index (κ1) is 17.8. The van der Waals surface area contributed by atoms with Crippen LogP contribution in [0, 0.1) is 29.4 Å². The van der Waals surface area contributed by atoms with Crippen LogP contribution >= 0.6 is 12.2 Å². The van der Waals surface area contributed by atoms with E-state index in [1.54, 1.807) is 0 Å². The van der Waals surface area contributed by atoms with Crippen molar-refractivity contribution in [3.63, 3.8) is 0 Å². The predicted molar refractivity (Wildman–Crippen MR) is 107 cm³/mol. The maximum absolute atomic E-state index is 13.9. The van der Waals surface area contributed by atoms with E-state index in [2.05, 4.69) is 47.3 Å². The molecule has 1 fully saturated rings. The van der Waals surface area contributed by atoms with Crippen molar-refractivity contribution < 1.29 is 8.78 Å². The molecule has 0 heterocycles. The lowest BCUT2D eigenvalue weighted by atomic mass is 9.80. The topological polar surface area (TPSA) is 12.4 Å². The van der Waals surface area contributed by atoms with Crippen LogP contribution in [0.5, 0.6) is 0 Å². The van der Waals surface area contributed by atoms with E-state index in [0.29, 0.717) is 0 Å². The van der Waals surface area contributed by atoms with Gasteiger partial charge in [0.1, 0.15) is 5.69 Å². The highest BCUT2D eigenvalue weighted by molar-refractivity contribution is 7.78. The summed E-state index contributed by atoms with van der Waals surface area (Å²) >= 11 is 4.40. The third kappa shape index (κ3) is 3.90. The molecule has 4 rings (SSSR count). The predicted octanol–water partition coefficient (Wildman–Crippen LogP) is 6.23. The minimum Gasteiger partial charge on any atom is -0.204 e. The van der Waals surface area contributed by atoms with E-state index in [-0.39, 0.29) is 5.56 Å². The summed E-state index contributed by atoms with van der Waals surface area (Å²) in [6.07, 6.45) is 8.55. The van der Waals surface area contributed by atoms with Gasteiger partial charge in [-0.15, -0.1) is 0 Å². The van der Waals surface area contributed by atoms with Crippen molar-refractivity contribution in [3.8, 4) is 11.8 Å². The second-order valence-corrected chi connectivity index (χ2v) is 7.32. The van der Waals surface area contributed by atoms with Gasteiger partial charge in [-0.3, -0.25) is 0 Å². The average Bonchev–Trinajstić information content (AvgIpc) is 3.01. The van der Waals surface area contributed by atoms with E-state index in [1.165, 1.54) is 42.4 Å². The molecule has 0 unspecified atom stereocenters. The fraction of sp³-hybridized carbons (Fsp3) is 0.261. The van der Waals surface area contributed by atoms with E-state index in [1.807, 2.05) is 11.2 Å². The largest absolute Gasteiger partial charge is 0.204 e. The number of halogens is 2. The lowest BCUT2D eigenvalue weighted by Gasteiger charge is -2.25. The van der Waals surface area contributed by atoms with Crippen LogP contribution in [0.3, 0.4) is 0 Å². The zero-order chi connectivity index (χ0) is 18.8. The Labute approximate surface area is 162 Å². The van der Waals surface area contributed by atoms with Gasteiger partial charge in [0.15, 0.2) is 11.6 Å². The van der Waals surface area contributed by atoms with Gasteiger partial charge < -0.3 is 0 Å². The van der Waals surface area contributed by atoms with Crippen molar-refractivity contribution >= 4 is 29.1 Å². The van der Waals surface area contributed by atoms with Crippen LogP contribution in [-0.4, -0.2) is 5.16 Å². The van der Waals surface area contributed by atoms with Gasteiger partial charge in [0, 0.05) is 11.1 Å². The van der Waals surface area contributed by atoms with Gasteiger partial charge in [-0.05, 0) is 66.4 Å². The van der Waals surface area contributed by atoms with E-state index >= 15 is 0 Å². The van der Waals surface area contributed by atoms with Crippen molar-refractivity contribution in [3.05, 3.63) is 69.8 Å². The molecule has 0 spiro atoms. The Morgan fingerprint density at radius 2 is 1.78 bits per heavy atom. The van der Waals surface area contributed by atoms with E-state index in [0.717, 1.165) is 30.0 Å². The average molecular weight is 377 g/mol. The fourth-order valence-corrected chi connectivity index (χ4v) is 3.72. The molecule has 1 saturated carbocycles. The fourth-order valence-electron chi connectivity index (χ4n) is 3.63. The number of aliphatic imine (C=N–C) groups is 1. The molecule has 134 valence electrons. The molecule has 0 atom stereocenters. The van der Waals surface area contributed by atoms with Crippen LogP contribution in [-0.2, 0) is 6.42 Å². The quantitative estimate of drug-likeness (QED) is 0.351. The number of nitrogens with zero attached hydrogens (tertiary/aromatic N) is 1. The molecular formula is C23H17F2NS. The molecule has 0 saturated heterocycles. The zero-order valence-electron chi connectivity index (χ0n) is 14.7. The monoisotopic (exact) mass is 377 g/mol. The molecule has 0 aromatic heterocycles. The van der Waals surface area contributed by atoms with Gasteiger partial charge in [-0.25, -0.2) is 8.78 Å². The molecule has 0 aliphatic heterocycles. The number of hydrogen-bond donors (Lipinski definition) is 0. The van der Waals surface area contributed by atoms with Gasteiger partial charge in [-0.2, -0.15) is 4.99 Å². The summed E-state index contributed by atoms with van der Waals surface area (Å²) in [4.78, 5) is 3.40. The minimum atomic E-state index is -0.796. The van der Waals surface area contributed by atoms with E-state index in [4.69, 9.17) is 0 Å². The standard InChI is InChI=1S/C23H17F2NS/c24-21-12-17(13-22(25)23(21)26-14-27)5-4-16-6-7-19-10-18(11-20(19)9-16)8-15-2-1-3-15/h6-7,9-10,12-13,15H,1-3,8,11H2. The smallest absolute Gasteiger partial charge is 0.153 e. The SMILES string of the molecule is Fc1cc(C#Cc2ccc3c(c2)CC(CC2CCC2)=C3)cc(F)c1N=C=S. The van der Waals surface area contributed by atoms with Gasteiger partial charge in [0.25, 0.3) is 0 Å². The molecule has 1 nitrogen and oxygen atoms in total. The summed E-state index contributed by atoms with van der Waals surface area (Å²) in [5, 5.41) is 1.98. The van der Waals surface area contributed by atoms with Crippen LogP contribution in [0.2, 0.25) is 0 Å². The normalized spacial score (nSPS) is 15.1. The van der Waals surface area contributed by atoms with Crippen LogP contribution in [0.4, 0.5) is 14.5 Å². The Kier molecular flexibility index (Phi) is 4.99. The first-order valence-corrected chi connectivity index (χ1v) is 9.44. The van der Waals surface area contributed by atoms with Crippen LogP contribution in [0.1, 0.15) is 47.9 Å². The summed E-state index contributed by atoms with van der Waals surface area (Å²) in [6.45, 7) is 0. The molecule has 0 bridgehead atoms. The van der Waals surface area contributed by atoms with E-state index in [9.17, 15) is 8.78 Å². The third-order valence-electron chi connectivity index (χ3n) is 5.22. The lowest BCUT2D eigenvalue weighted by Crippen LogP contribution is -2.11. The summed E-state index contributed by atoms with van der Waals surface area (Å²) in [5.41, 5.74) is 4.71. The number of allylic oxidation sites excluding steroid dienone is 1. The molecule has 0 radical (unpaired) electrons.